The van der Waals surface area contributed by atoms with Crippen LogP contribution in [0, 0.1) is 17.6 Å². The molecule has 5 rings (SSSR count). The first-order chi connectivity index (χ1) is 17.8. The quantitative estimate of drug-likeness (QED) is 0.317. The lowest BCUT2D eigenvalue weighted by Gasteiger charge is -2.30. The number of rotatable bonds is 6. The predicted octanol–water partition coefficient (Wildman–Crippen LogP) is 6.22. The number of halogens is 2. The zero-order chi connectivity index (χ0) is 26.1. The van der Waals surface area contributed by atoms with E-state index < -0.39 is 17.6 Å². The van der Waals surface area contributed by atoms with Crippen molar-refractivity contribution in [1.29, 1.82) is 0 Å². The van der Waals surface area contributed by atoms with Crippen LogP contribution in [0.2, 0.25) is 0 Å². The van der Waals surface area contributed by atoms with E-state index in [-0.39, 0.29) is 18.4 Å². The molecule has 0 radical (unpaired) electrons. The molecule has 0 aliphatic heterocycles. The van der Waals surface area contributed by atoms with Crippen LogP contribution < -0.4 is 4.90 Å². The first-order valence-corrected chi connectivity index (χ1v) is 12.4. The number of hydrogen-bond acceptors (Lipinski definition) is 3. The van der Waals surface area contributed by atoms with E-state index in [9.17, 15) is 14.0 Å². The fourth-order valence-electron chi connectivity index (χ4n) is 5.31. The van der Waals surface area contributed by atoms with E-state index in [2.05, 4.69) is 5.10 Å². The Morgan fingerprint density at radius 3 is 2.65 bits per heavy atom. The molecule has 0 atom stereocenters. The van der Waals surface area contributed by atoms with E-state index in [1.54, 1.807) is 25.4 Å². The van der Waals surface area contributed by atoms with Gasteiger partial charge in [-0.3, -0.25) is 9.48 Å². The first kappa shape index (κ1) is 24.6. The zero-order valence-electron chi connectivity index (χ0n) is 20.5. The standard InChI is InChI=1S/C29H27F2N3O3/c1-33-28-22(16-32-33)14-20-8-5-9-21(26(20)27(28)31)17-34(29(37)19-6-3-2-4-7-19)24-13-18(10-11-25(35)36)12-23(30)15-24/h5,8-16,19H,2-4,6-7,17H2,1H3,(H,35,36). The summed E-state index contributed by atoms with van der Waals surface area (Å²) < 4.78 is 32.0. The molecular weight excluding hydrogens is 476 g/mol. The average molecular weight is 504 g/mol. The summed E-state index contributed by atoms with van der Waals surface area (Å²) in [5, 5.41) is 14.9. The van der Waals surface area contributed by atoms with Crippen LogP contribution in [-0.4, -0.2) is 26.8 Å². The van der Waals surface area contributed by atoms with E-state index in [1.165, 1.54) is 27.8 Å². The number of carboxylic acids is 1. The van der Waals surface area contributed by atoms with Gasteiger partial charge in [0.05, 0.1) is 12.7 Å². The molecule has 3 aromatic carbocycles. The van der Waals surface area contributed by atoms with E-state index in [0.717, 1.165) is 38.2 Å². The van der Waals surface area contributed by atoms with Crippen LogP contribution in [-0.2, 0) is 23.2 Å². The molecule has 8 heteroatoms. The van der Waals surface area contributed by atoms with E-state index in [1.807, 2.05) is 18.2 Å². The maximum atomic E-state index is 15.8. The second-order valence-corrected chi connectivity index (χ2v) is 9.59. The summed E-state index contributed by atoms with van der Waals surface area (Å²) in [6, 6.07) is 11.3. The zero-order valence-corrected chi connectivity index (χ0v) is 20.5. The number of carbonyl (C=O) groups excluding carboxylic acids is 1. The number of aliphatic carboxylic acids is 1. The molecule has 1 aliphatic carbocycles. The van der Waals surface area contributed by atoms with Gasteiger partial charge in [0.15, 0.2) is 5.82 Å². The van der Waals surface area contributed by atoms with Gasteiger partial charge in [-0.2, -0.15) is 5.10 Å². The number of nitrogens with zero attached hydrogens (tertiary/aromatic N) is 3. The lowest BCUT2D eigenvalue weighted by molar-refractivity contribution is -0.131. The number of aryl methyl sites for hydroxylation is 1. The smallest absolute Gasteiger partial charge is 0.328 e. The summed E-state index contributed by atoms with van der Waals surface area (Å²) >= 11 is 0. The third-order valence-electron chi connectivity index (χ3n) is 7.07. The minimum absolute atomic E-state index is 0.0402. The van der Waals surface area contributed by atoms with Crippen LogP contribution in [0.5, 0.6) is 0 Å². The number of anilines is 1. The maximum Gasteiger partial charge on any atom is 0.328 e. The van der Waals surface area contributed by atoms with Crippen molar-refractivity contribution in [2.24, 2.45) is 13.0 Å². The Kier molecular flexibility index (Phi) is 6.74. The molecule has 1 N–H and O–H groups in total. The summed E-state index contributed by atoms with van der Waals surface area (Å²) in [6.07, 6.45) is 8.28. The lowest BCUT2D eigenvalue weighted by Crippen LogP contribution is -2.37. The third-order valence-corrected chi connectivity index (χ3v) is 7.07. The summed E-state index contributed by atoms with van der Waals surface area (Å²) in [4.78, 5) is 26.3. The highest BCUT2D eigenvalue weighted by atomic mass is 19.1. The second-order valence-electron chi connectivity index (χ2n) is 9.59. The van der Waals surface area contributed by atoms with Crippen molar-refractivity contribution in [3.63, 3.8) is 0 Å². The monoisotopic (exact) mass is 503 g/mol. The number of benzene rings is 3. The highest BCUT2D eigenvalue weighted by Gasteiger charge is 2.28. The van der Waals surface area contributed by atoms with Crippen molar-refractivity contribution in [2.45, 2.75) is 38.6 Å². The molecular formula is C29H27F2N3O3. The third kappa shape index (κ3) is 4.96. The molecule has 0 unspecified atom stereocenters. The lowest BCUT2D eigenvalue weighted by atomic mass is 9.88. The topological polar surface area (TPSA) is 75.4 Å². The normalized spacial score (nSPS) is 14.6. The molecule has 1 amide bonds. The molecule has 1 saturated carbocycles. The Labute approximate surface area is 212 Å². The highest BCUT2D eigenvalue weighted by Crippen LogP contribution is 2.33. The largest absolute Gasteiger partial charge is 0.478 e. The first-order valence-electron chi connectivity index (χ1n) is 12.4. The van der Waals surface area contributed by atoms with Crippen LogP contribution >= 0.6 is 0 Å². The molecule has 6 nitrogen and oxygen atoms in total. The number of carboxylic acid groups (broad SMARTS) is 1. The van der Waals surface area contributed by atoms with Gasteiger partial charge >= 0.3 is 5.97 Å². The van der Waals surface area contributed by atoms with Crippen molar-refractivity contribution in [2.75, 3.05) is 4.90 Å². The van der Waals surface area contributed by atoms with Gasteiger partial charge in [-0.15, -0.1) is 0 Å². The van der Waals surface area contributed by atoms with Crippen molar-refractivity contribution >= 4 is 45.3 Å². The van der Waals surface area contributed by atoms with Gasteiger partial charge in [0.2, 0.25) is 5.91 Å². The number of hydrogen-bond donors (Lipinski definition) is 1. The molecule has 37 heavy (non-hydrogen) atoms. The highest BCUT2D eigenvalue weighted by molar-refractivity contribution is 6.00. The van der Waals surface area contributed by atoms with Gasteiger partial charge in [0.25, 0.3) is 0 Å². The van der Waals surface area contributed by atoms with E-state index in [0.29, 0.717) is 38.5 Å². The molecule has 1 aliphatic rings. The Bertz CT molecular complexity index is 1540. The summed E-state index contributed by atoms with van der Waals surface area (Å²) in [7, 11) is 1.68. The molecule has 1 aromatic heterocycles. The van der Waals surface area contributed by atoms with Crippen LogP contribution in [0.1, 0.15) is 43.2 Å². The van der Waals surface area contributed by atoms with Gasteiger partial charge in [-0.25, -0.2) is 13.6 Å². The Balaban J connectivity index is 1.63. The van der Waals surface area contributed by atoms with Crippen LogP contribution in [0.3, 0.4) is 0 Å². The van der Waals surface area contributed by atoms with Gasteiger partial charge in [-0.05, 0) is 59.7 Å². The molecule has 4 aromatic rings. The molecule has 0 saturated heterocycles. The molecule has 190 valence electrons. The molecule has 0 spiro atoms. The predicted molar refractivity (Wildman–Crippen MR) is 139 cm³/mol. The Morgan fingerprint density at radius 1 is 1.11 bits per heavy atom. The minimum atomic E-state index is -1.16. The van der Waals surface area contributed by atoms with Crippen molar-refractivity contribution in [3.05, 3.63) is 77.5 Å². The minimum Gasteiger partial charge on any atom is -0.478 e. The maximum absolute atomic E-state index is 15.8. The summed E-state index contributed by atoms with van der Waals surface area (Å²) in [5.41, 5.74) is 1.59. The van der Waals surface area contributed by atoms with E-state index >= 15 is 4.39 Å². The van der Waals surface area contributed by atoms with E-state index in [4.69, 9.17) is 5.11 Å². The van der Waals surface area contributed by atoms with Gasteiger partial charge in [0.1, 0.15) is 11.3 Å². The Hall–Kier alpha value is -4.07. The van der Waals surface area contributed by atoms with Crippen molar-refractivity contribution in [3.8, 4) is 0 Å². The van der Waals surface area contributed by atoms with Crippen LogP contribution in [0.25, 0.3) is 27.8 Å². The van der Waals surface area contributed by atoms with Gasteiger partial charge in [-0.1, -0.05) is 37.5 Å². The van der Waals surface area contributed by atoms with Gasteiger partial charge < -0.3 is 10.0 Å². The van der Waals surface area contributed by atoms with Crippen LogP contribution in [0.15, 0.2) is 54.7 Å². The molecule has 1 fully saturated rings. The van der Waals surface area contributed by atoms with Crippen LogP contribution in [0.4, 0.5) is 14.5 Å². The average Bonchev–Trinajstić information content (AvgIpc) is 3.26. The summed E-state index contributed by atoms with van der Waals surface area (Å²) in [6.45, 7) is 0.0402. The Morgan fingerprint density at radius 2 is 1.89 bits per heavy atom. The van der Waals surface area contributed by atoms with Crippen molar-refractivity contribution in [1.82, 2.24) is 9.78 Å². The SMILES string of the molecule is Cn1ncc2cc3cccc(CN(C(=O)C4CCCCC4)c4cc(F)cc(C=CC(=O)O)c4)c3c(F)c21. The van der Waals surface area contributed by atoms with Crippen molar-refractivity contribution < 1.29 is 23.5 Å². The van der Waals surface area contributed by atoms with Gasteiger partial charge in [0, 0.05) is 35.5 Å². The fourth-order valence-corrected chi connectivity index (χ4v) is 5.31. The number of fused-ring (bicyclic) bond motifs is 2. The number of aromatic nitrogens is 2. The second kappa shape index (κ2) is 10.1. The summed E-state index contributed by atoms with van der Waals surface area (Å²) in [5.74, 6) is -2.52. The molecule has 0 bridgehead atoms. The number of amides is 1. The number of carbonyl (C=O) groups is 2. The fraction of sp³-hybridized carbons (Fsp3) is 0.276. The molecule has 1 heterocycles.